The summed E-state index contributed by atoms with van der Waals surface area (Å²) >= 11 is 8.55. The Morgan fingerprint density at radius 2 is 1.22 bits per heavy atom. The normalized spacial score (nSPS) is 11.2. The summed E-state index contributed by atoms with van der Waals surface area (Å²) < 4.78 is 0. The molecule has 9 heteroatoms. The number of aryl methyl sites for hydroxylation is 3. The molecule has 0 saturated heterocycles. The van der Waals surface area contributed by atoms with Crippen molar-refractivity contribution in [1.82, 2.24) is 0 Å². The van der Waals surface area contributed by atoms with Crippen LogP contribution in [-0.2, 0) is 22.4 Å². The van der Waals surface area contributed by atoms with E-state index in [4.69, 9.17) is 0 Å². The number of thiophene rings is 5. The van der Waals surface area contributed by atoms with E-state index in [1.165, 1.54) is 14.6 Å². The molecule has 184 valence electrons. The van der Waals surface area contributed by atoms with Gasteiger partial charge >= 0.3 is 11.9 Å². The first-order chi connectivity index (χ1) is 17.4. The SMILES string of the molecule is Cc1ccc(-c2cc(CCC(=O)O)c(-c3ccc(-c4sc(-c5cccs5)cc4CCC(=O)O)s3)s2)s1. The zero-order valence-electron chi connectivity index (χ0n) is 19.3. The maximum Gasteiger partial charge on any atom is 0.303 e. The van der Waals surface area contributed by atoms with Crippen LogP contribution in [0, 0.1) is 6.92 Å². The lowest BCUT2D eigenvalue weighted by molar-refractivity contribution is -0.138. The van der Waals surface area contributed by atoms with E-state index in [1.54, 1.807) is 56.7 Å². The molecular weight excluding hydrogens is 549 g/mol. The lowest BCUT2D eigenvalue weighted by Gasteiger charge is -2.01. The molecule has 2 N–H and O–H groups in total. The highest BCUT2D eigenvalue weighted by molar-refractivity contribution is 7.29. The second-order valence-electron chi connectivity index (χ2n) is 8.27. The number of carboxylic acid groups (broad SMARTS) is 2. The molecule has 0 radical (unpaired) electrons. The van der Waals surface area contributed by atoms with Crippen LogP contribution in [0.4, 0.5) is 0 Å². The minimum atomic E-state index is -0.797. The largest absolute Gasteiger partial charge is 0.481 e. The summed E-state index contributed by atoms with van der Waals surface area (Å²) in [5, 5.41) is 20.6. The van der Waals surface area contributed by atoms with Gasteiger partial charge in [0, 0.05) is 56.7 Å². The molecular formula is C27H22O4S5. The van der Waals surface area contributed by atoms with Crippen molar-refractivity contribution in [1.29, 1.82) is 0 Å². The van der Waals surface area contributed by atoms with Crippen molar-refractivity contribution in [3.63, 3.8) is 0 Å². The predicted octanol–water partition coefficient (Wildman–Crippen LogP) is 9.00. The van der Waals surface area contributed by atoms with Crippen LogP contribution in [-0.4, -0.2) is 22.2 Å². The van der Waals surface area contributed by atoms with Gasteiger partial charge < -0.3 is 10.2 Å². The van der Waals surface area contributed by atoms with E-state index in [2.05, 4.69) is 54.8 Å². The van der Waals surface area contributed by atoms with Crippen LogP contribution < -0.4 is 0 Å². The monoisotopic (exact) mass is 570 g/mol. The van der Waals surface area contributed by atoms with Crippen LogP contribution in [0.1, 0.15) is 28.8 Å². The van der Waals surface area contributed by atoms with E-state index in [0.717, 1.165) is 40.4 Å². The number of hydrogen-bond acceptors (Lipinski definition) is 7. The van der Waals surface area contributed by atoms with E-state index >= 15 is 0 Å². The van der Waals surface area contributed by atoms with Crippen LogP contribution in [0.2, 0.25) is 0 Å². The quantitative estimate of drug-likeness (QED) is 0.176. The Morgan fingerprint density at radius 3 is 1.69 bits per heavy atom. The molecule has 0 aliphatic rings. The Morgan fingerprint density at radius 1 is 0.667 bits per heavy atom. The van der Waals surface area contributed by atoms with Gasteiger partial charge in [-0.15, -0.1) is 56.7 Å². The van der Waals surface area contributed by atoms with Gasteiger partial charge in [0.25, 0.3) is 0 Å². The van der Waals surface area contributed by atoms with Gasteiger partial charge in [-0.1, -0.05) is 6.07 Å². The third kappa shape index (κ3) is 5.55. The molecule has 0 bridgehead atoms. The average molecular weight is 571 g/mol. The summed E-state index contributed by atoms with van der Waals surface area (Å²) in [6.07, 6.45) is 1.17. The van der Waals surface area contributed by atoms with Gasteiger partial charge in [0.15, 0.2) is 0 Å². The molecule has 0 atom stereocenters. The Hall–Kier alpha value is -2.56. The summed E-state index contributed by atoms with van der Waals surface area (Å²) in [5.41, 5.74) is 2.12. The number of rotatable bonds is 10. The van der Waals surface area contributed by atoms with Gasteiger partial charge in [0.1, 0.15) is 0 Å². The molecule has 5 aromatic heterocycles. The molecule has 0 amide bonds. The predicted molar refractivity (Wildman–Crippen MR) is 154 cm³/mol. The maximum atomic E-state index is 11.3. The fourth-order valence-corrected chi connectivity index (χ4v) is 9.43. The number of aliphatic carboxylic acids is 2. The smallest absolute Gasteiger partial charge is 0.303 e. The van der Waals surface area contributed by atoms with Crippen molar-refractivity contribution in [2.75, 3.05) is 0 Å². The lowest BCUT2D eigenvalue weighted by atomic mass is 10.1. The zero-order chi connectivity index (χ0) is 25.2. The Bertz CT molecular complexity index is 1510. The molecule has 0 aliphatic carbocycles. The lowest BCUT2D eigenvalue weighted by Crippen LogP contribution is -1.97. The molecule has 0 saturated carbocycles. The minimum absolute atomic E-state index is 0.0965. The summed E-state index contributed by atoms with van der Waals surface area (Å²) in [6, 6.07) is 16.9. The van der Waals surface area contributed by atoms with Gasteiger partial charge in [-0.25, -0.2) is 0 Å². The molecule has 0 fully saturated rings. The van der Waals surface area contributed by atoms with Crippen molar-refractivity contribution in [3.8, 4) is 39.0 Å². The molecule has 36 heavy (non-hydrogen) atoms. The molecule has 0 aromatic carbocycles. The Balaban J connectivity index is 1.53. The first-order valence-electron chi connectivity index (χ1n) is 11.3. The summed E-state index contributed by atoms with van der Waals surface area (Å²) in [7, 11) is 0. The van der Waals surface area contributed by atoms with Crippen LogP contribution in [0.25, 0.3) is 39.0 Å². The second kappa shape index (κ2) is 10.8. The maximum absolute atomic E-state index is 11.3. The molecule has 5 rings (SSSR count). The van der Waals surface area contributed by atoms with Gasteiger partial charge in [0.2, 0.25) is 0 Å². The number of hydrogen-bond donors (Lipinski definition) is 2. The van der Waals surface area contributed by atoms with Crippen LogP contribution in [0.15, 0.2) is 53.9 Å². The fourth-order valence-electron chi connectivity index (χ4n) is 3.94. The van der Waals surface area contributed by atoms with Crippen molar-refractivity contribution in [2.45, 2.75) is 32.6 Å². The van der Waals surface area contributed by atoms with Crippen molar-refractivity contribution in [3.05, 3.63) is 69.9 Å². The Labute approximate surface area is 228 Å². The molecule has 0 spiro atoms. The van der Waals surface area contributed by atoms with Gasteiger partial charge in [-0.3, -0.25) is 9.59 Å². The molecule has 5 heterocycles. The van der Waals surface area contributed by atoms with Crippen LogP contribution in [0.5, 0.6) is 0 Å². The summed E-state index contributed by atoms with van der Waals surface area (Å²) in [4.78, 5) is 33.0. The van der Waals surface area contributed by atoms with E-state index < -0.39 is 11.9 Å². The standard InChI is InChI=1S/C27H22O4S5/c1-15-4-7-19(33-15)23-14-17(6-11-25(30)31)27(36-23)21-9-8-20(34-21)26-16(5-10-24(28)29)13-22(35-26)18-3-2-12-32-18/h2-4,7-9,12-14H,5-6,10-11H2,1H3,(H,28,29)(H,30,31). The minimum Gasteiger partial charge on any atom is -0.481 e. The fraction of sp³-hybridized carbons (Fsp3) is 0.185. The van der Waals surface area contributed by atoms with Crippen molar-refractivity contribution < 1.29 is 19.8 Å². The zero-order valence-corrected chi connectivity index (χ0v) is 23.4. The third-order valence-corrected chi connectivity index (χ3v) is 11.7. The van der Waals surface area contributed by atoms with Crippen molar-refractivity contribution >= 4 is 68.6 Å². The van der Waals surface area contributed by atoms with E-state index in [9.17, 15) is 19.8 Å². The first-order valence-corrected chi connectivity index (χ1v) is 15.4. The number of carbonyl (C=O) groups is 2. The Kier molecular flexibility index (Phi) is 7.55. The highest BCUT2D eigenvalue weighted by atomic mass is 32.1. The topological polar surface area (TPSA) is 74.6 Å². The highest BCUT2D eigenvalue weighted by Crippen LogP contribution is 2.47. The molecule has 5 aromatic rings. The van der Waals surface area contributed by atoms with E-state index in [1.807, 2.05) is 6.07 Å². The first kappa shape index (κ1) is 25.1. The second-order valence-corrected chi connectivity index (χ2v) is 13.7. The summed E-state index contributed by atoms with van der Waals surface area (Å²) in [5.74, 6) is -1.59. The van der Waals surface area contributed by atoms with Crippen LogP contribution in [0.3, 0.4) is 0 Å². The van der Waals surface area contributed by atoms with Gasteiger partial charge in [0.05, 0.1) is 0 Å². The van der Waals surface area contributed by atoms with Crippen molar-refractivity contribution in [2.24, 2.45) is 0 Å². The van der Waals surface area contributed by atoms with Gasteiger partial charge in [-0.2, -0.15) is 0 Å². The summed E-state index contributed by atoms with van der Waals surface area (Å²) in [6.45, 7) is 2.09. The average Bonchev–Trinajstić information content (AvgIpc) is 3.64. The molecule has 0 unspecified atom stereocenters. The van der Waals surface area contributed by atoms with E-state index in [-0.39, 0.29) is 12.8 Å². The van der Waals surface area contributed by atoms with E-state index in [0.29, 0.717) is 12.8 Å². The number of carboxylic acids is 2. The third-order valence-electron chi connectivity index (χ3n) is 5.64. The molecule has 0 aliphatic heterocycles. The van der Waals surface area contributed by atoms with Gasteiger partial charge in [-0.05, 0) is 78.7 Å². The highest BCUT2D eigenvalue weighted by Gasteiger charge is 2.19. The molecule has 4 nitrogen and oxygen atoms in total. The van der Waals surface area contributed by atoms with Crippen LogP contribution >= 0.6 is 56.7 Å².